The van der Waals surface area contributed by atoms with E-state index in [1.54, 1.807) is 6.08 Å². The highest BCUT2D eigenvalue weighted by Gasteiger charge is 2.24. The summed E-state index contributed by atoms with van der Waals surface area (Å²) in [5, 5.41) is 2.99. The Labute approximate surface area is 109 Å². The molecule has 0 spiro atoms. The van der Waals surface area contributed by atoms with Crippen LogP contribution in [-0.4, -0.2) is 35.8 Å². The molecule has 0 aromatic carbocycles. The van der Waals surface area contributed by atoms with Crippen molar-refractivity contribution in [3.63, 3.8) is 0 Å². The molecule has 1 heterocycles. The summed E-state index contributed by atoms with van der Waals surface area (Å²) in [7, 11) is 0. The van der Waals surface area contributed by atoms with Gasteiger partial charge in [0.15, 0.2) is 0 Å². The minimum Gasteiger partial charge on any atom is -0.350 e. The molecule has 0 radical (unpaired) electrons. The third-order valence-electron chi connectivity index (χ3n) is 3.07. The number of likely N-dealkylation sites (tertiary alicyclic amines) is 1. The van der Waals surface area contributed by atoms with Crippen molar-refractivity contribution in [1.29, 1.82) is 0 Å². The van der Waals surface area contributed by atoms with E-state index in [0.717, 1.165) is 31.5 Å². The van der Waals surface area contributed by atoms with E-state index in [2.05, 4.69) is 5.32 Å². The fourth-order valence-corrected chi connectivity index (χ4v) is 2.11. The van der Waals surface area contributed by atoms with Crippen LogP contribution in [0.1, 0.15) is 40.5 Å². The highest BCUT2D eigenvalue weighted by molar-refractivity contribution is 5.88. The van der Waals surface area contributed by atoms with Gasteiger partial charge in [-0.15, -0.1) is 0 Å². The second-order valence-corrected chi connectivity index (χ2v) is 5.48. The molecule has 4 heteroatoms. The summed E-state index contributed by atoms with van der Waals surface area (Å²) >= 11 is 0. The molecule has 0 atom stereocenters. The van der Waals surface area contributed by atoms with Crippen LogP contribution in [0.5, 0.6) is 0 Å². The van der Waals surface area contributed by atoms with Gasteiger partial charge >= 0.3 is 0 Å². The molecule has 1 saturated heterocycles. The van der Waals surface area contributed by atoms with Crippen molar-refractivity contribution in [3.05, 3.63) is 11.6 Å². The highest BCUT2D eigenvalue weighted by Crippen LogP contribution is 2.13. The van der Waals surface area contributed by atoms with Gasteiger partial charge < -0.3 is 10.2 Å². The smallest absolute Gasteiger partial charge is 0.244 e. The first-order valence-electron chi connectivity index (χ1n) is 6.64. The summed E-state index contributed by atoms with van der Waals surface area (Å²) in [5.74, 6) is 0.245. The molecule has 1 aliphatic rings. The van der Waals surface area contributed by atoms with Gasteiger partial charge in [-0.05, 0) is 26.7 Å². The lowest BCUT2D eigenvalue weighted by Gasteiger charge is -2.33. The Morgan fingerprint density at radius 2 is 1.78 bits per heavy atom. The quantitative estimate of drug-likeness (QED) is 0.777. The molecule has 1 rings (SSSR count). The Hall–Kier alpha value is -1.32. The van der Waals surface area contributed by atoms with E-state index in [1.807, 2.05) is 32.6 Å². The lowest BCUT2D eigenvalue weighted by Crippen LogP contribution is -2.47. The van der Waals surface area contributed by atoms with Crippen LogP contribution in [0.2, 0.25) is 0 Å². The van der Waals surface area contributed by atoms with Crippen molar-refractivity contribution >= 4 is 11.8 Å². The van der Waals surface area contributed by atoms with Gasteiger partial charge in [0, 0.05) is 31.1 Å². The first-order valence-corrected chi connectivity index (χ1v) is 6.64. The van der Waals surface area contributed by atoms with E-state index in [0.29, 0.717) is 0 Å². The number of nitrogens with zero attached hydrogens (tertiary/aromatic N) is 1. The Bertz CT molecular complexity index is 336. The van der Waals surface area contributed by atoms with Crippen LogP contribution >= 0.6 is 0 Å². The second kappa shape index (κ2) is 6.57. The van der Waals surface area contributed by atoms with E-state index < -0.39 is 0 Å². The van der Waals surface area contributed by atoms with Crippen LogP contribution < -0.4 is 5.32 Å². The number of nitrogens with one attached hydrogen (secondary N) is 1. The average molecular weight is 252 g/mol. The van der Waals surface area contributed by atoms with E-state index in [9.17, 15) is 9.59 Å². The van der Waals surface area contributed by atoms with Crippen LogP contribution in [0.4, 0.5) is 0 Å². The molecule has 0 aliphatic carbocycles. The third-order valence-corrected chi connectivity index (χ3v) is 3.07. The first kappa shape index (κ1) is 14.7. The van der Waals surface area contributed by atoms with Crippen LogP contribution in [-0.2, 0) is 9.59 Å². The number of carbonyl (C=O) groups excluding carboxylic acids is 2. The predicted octanol–water partition coefficient (Wildman–Crippen LogP) is 1.72. The van der Waals surface area contributed by atoms with Crippen molar-refractivity contribution in [2.24, 2.45) is 5.92 Å². The summed E-state index contributed by atoms with van der Waals surface area (Å²) in [6.07, 6.45) is 3.31. The molecule has 1 N–H and O–H groups in total. The van der Waals surface area contributed by atoms with E-state index >= 15 is 0 Å². The van der Waals surface area contributed by atoms with Crippen molar-refractivity contribution in [2.45, 2.75) is 46.6 Å². The number of carbonyl (C=O) groups is 2. The molecular weight excluding hydrogens is 228 g/mol. The molecule has 1 aliphatic heterocycles. The Kier molecular flexibility index (Phi) is 5.38. The summed E-state index contributed by atoms with van der Waals surface area (Å²) < 4.78 is 0. The van der Waals surface area contributed by atoms with Crippen LogP contribution in [0.15, 0.2) is 11.6 Å². The Morgan fingerprint density at radius 3 is 2.22 bits per heavy atom. The minimum absolute atomic E-state index is 0.0244. The zero-order valence-electron chi connectivity index (χ0n) is 11.8. The lowest BCUT2D eigenvalue weighted by molar-refractivity contribution is -0.135. The molecule has 0 saturated carbocycles. The zero-order chi connectivity index (χ0) is 13.7. The molecule has 0 aromatic rings. The van der Waals surface area contributed by atoms with Gasteiger partial charge in [0.25, 0.3) is 0 Å². The fourth-order valence-electron chi connectivity index (χ4n) is 2.11. The molecule has 4 nitrogen and oxygen atoms in total. The van der Waals surface area contributed by atoms with Crippen LogP contribution in [0.25, 0.3) is 0 Å². The Balaban J connectivity index is 2.38. The molecule has 102 valence electrons. The monoisotopic (exact) mass is 252 g/mol. The summed E-state index contributed by atoms with van der Waals surface area (Å²) in [5.41, 5.74) is 1.000. The highest BCUT2D eigenvalue weighted by atomic mass is 16.2. The van der Waals surface area contributed by atoms with Crippen LogP contribution in [0, 0.1) is 5.92 Å². The van der Waals surface area contributed by atoms with Crippen LogP contribution in [0.3, 0.4) is 0 Å². The maximum atomic E-state index is 11.8. The largest absolute Gasteiger partial charge is 0.350 e. The van der Waals surface area contributed by atoms with Crippen molar-refractivity contribution in [3.8, 4) is 0 Å². The normalized spacial score (nSPS) is 16.6. The minimum atomic E-state index is -0.0244. The predicted molar refractivity (Wildman–Crippen MR) is 72.0 cm³/mol. The maximum absolute atomic E-state index is 11.8. The number of amides is 2. The number of rotatable bonds is 3. The van der Waals surface area contributed by atoms with Gasteiger partial charge in [-0.3, -0.25) is 9.59 Å². The first-order chi connectivity index (χ1) is 8.40. The van der Waals surface area contributed by atoms with Gasteiger partial charge in [0.05, 0.1) is 0 Å². The second-order valence-electron chi connectivity index (χ2n) is 5.48. The Morgan fingerprint density at radius 1 is 1.22 bits per heavy atom. The fraction of sp³-hybridized carbons (Fsp3) is 0.714. The van der Waals surface area contributed by atoms with Gasteiger partial charge in [-0.1, -0.05) is 19.4 Å². The van der Waals surface area contributed by atoms with Gasteiger partial charge in [-0.25, -0.2) is 0 Å². The molecule has 0 aromatic heterocycles. The van der Waals surface area contributed by atoms with Gasteiger partial charge in [0.2, 0.25) is 11.8 Å². The molecule has 2 amide bonds. The van der Waals surface area contributed by atoms with Crippen molar-refractivity contribution < 1.29 is 9.59 Å². The summed E-state index contributed by atoms with van der Waals surface area (Å²) in [4.78, 5) is 25.3. The van der Waals surface area contributed by atoms with E-state index in [-0.39, 0.29) is 23.8 Å². The molecule has 1 fully saturated rings. The SMILES string of the molecule is CC(C)=CC(=O)NC1CCN(C(=O)C(C)C)CC1. The number of hydrogen-bond donors (Lipinski definition) is 1. The number of hydrogen-bond acceptors (Lipinski definition) is 2. The molecule has 0 bridgehead atoms. The van der Waals surface area contributed by atoms with E-state index in [1.165, 1.54) is 0 Å². The van der Waals surface area contributed by atoms with Gasteiger partial charge in [0.1, 0.15) is 0 Å². The number of allylic oxidation sites excluding steroid dienone is 1. The summed E-state index contributed by atoms with van der Waals surface area (Å²) in [6, 6.07) is 0.198. The molecule has 0 unspecified atom stereocenters. The van der Waals surface area contributed by atoms with Gasteiger partial charge in [-0.2, -0.15) is 0 Å². The average Bonchev–Trinajstić information content (AvgIpc) is 2.27. The topological polar surface area (TPSA) is 49.4 Å². The zero-order valence-corrected chi connectivity index (χ0v) is 11.8. The molecular formula is C14H24N2O2. The third kappa shape index (κ3) is 4.51. The van der Waals surface area contributed by atoms with Crippen molar-refractivity contribution in [1.82, 2.24) is 10.2 Å². The number of piperidine rings is 1. The standard InChI is InChI=1S/C14H24N2O2/c1-10(2)9-13(17)15-12-5-7-16(8-6-12)14(18)11(3)4/h9,11-12H,5-8H2,1-4H3,(H,15,17). The maximum Gasteiger partial charge on any atom is 0.244 e. The summed E-state index contributed by atoms with van der Waals surface area (Å²) in [6.45, 7) is 9.15. The van der Waals surface area contributed by atoms with Crippen molar-refractivity contribution in [2.75, 3.05) is 13.1 Å². The molecule has 18 heavy (non-hydrogen) atoms. The lowest BCUT2D eigenvalue weighted by atomic mass is 10.0. The van der Waals surface area contributed by atoms with E-state index in [4.69, 9.17) is 0 Å².